The minimum Gasteiger partial charge on any atom is -0.393 e. The summed E-state index contributed by atoms with van der Waals surface area (Å²) in [4.78, 5) is 12.0. The number of carbonyl (C=O) groups is 1. The molecule has 1 aromatic rings. The number of carbonyl (C=O) groups excluding carboxylic acids is 1. The highest BCUT2D eigenvalue weighted by molar-refractivity contribution is 5.94. The van der Waals surface area contributed by atoms with Gasteiger partial charge in [0.25, 0.3) is 5.91 Å². The number of hydrogen-bond donors (Lipinski definition) is 2. The van der Waals surface area contributed by atoms with Gasteiger partial charge >= 0.3 is 0 Å². The number of aliphatic hydroxyl groups is 1. The van der Waals surface area contributed by atoms with Crippen LogP contribution < -0.4 is 5.32 Å². The van der Waals surface area contributed by atoms with Crippen LogP contribution in [0.3, 0.4) is 0 Å². The summed E-state index contributed by atoms with van der Waals surface area (Å²) in [6, 6.07) is 7.66. The summed E-state index contributed by atoms with van der Waals surface area (Å²) >= 11 is 0. The molecule has 4 nitrogen and oxygen atoms in total. The minimum absolute atomic E-state index is 0.0724. The monoisotopic (exact) mass is 291 g/mol. The van der Waals surface area contributed by atoms with Gasteiger partial charge in [0, 0.05) is 25.3 Å². The Bertz CT molecular complexity index is 438. The van der Waals surface area contributed by atoms with Crippen LogP contribution in [-0.4, -0.2) is 36.9 Å². The molecule has 0 bridgehead atoms. The second-order valence-corrected chi connectivity index (χ2v) is 5.61. The van der Waals surface area contributed by atoms with Gasteiger partial charge in [-0.3, -0.25) is 4.79 Å². The van der Waals surface area contributed by atoms with E-state index < -0.39 is 0 Å². The fourth-order valence-corrected chi connectivity index (χ4v) is 2.66. The molecule has 1 saturated heterocycles. The Balaban J connectivity index is 1.72. The highest BCUT2D eigenvalue weighted by Gasteiger charge is 2.21. The summed E-state index contributed by atoms with van der Waals surface area (Å²) < 4.78 is 5.29. The van der Waals surface area contributed by atoms with E-state index in [1.807, 2.05) is 24.3 Å². The van der Waals surface area contributed by atoms with Gasteiger partial charge in [0.2, 0.25) is 0 Å². The van der Waals surface area contributed by atoms with Crippen LogP contribution >= 0.6 is 0 Å². The smallest absolute Gasteiger partial charge is 0.251 e. The molecule has 4 heteroatoms. The summed E-state index contributed by atoms with van der Waals surface area (Å²) in [5, 5.41) is 13.0. The highest BCUT2D eigenvalue weighted by Crippen LogP contribution is 2.20. The number of ether oxygens (including phenoxy) is 1. The lowest BCUT2D eigenvalue weighted by molar-refractivity contribution is 0.00528. The lowest BCUT2D eigenvalue weighted by Gasteiger charge is -2.26. The predicted octanol–water partition coefficient (Wildman–Crippen LogP) is 2.16. The predicted molar refractivity (Wildman–Crippen MR) is 82.3 cm³/mol. The zero-order valence-electron chi connectivity index (χ0n) is 12.7. The molecule has 0 spiro atoms. The van der Waals surface area contributed by atoms with Crippen LogP contribution in [0.2, 0.25) is 0 Å². The van der Waals surface area contributed by atoms with Crippen molar-refractivity contribution in [3.8, 4) is 0 Å². The third-order valence-electron chi connectivity index (χ3n) is 4.16. The van der Waals surface area contributed by atoms with Crippen LogP contribution in [0.4, 0.5) is 0 Å². The number of benzene rings is 1. The average molecular weight is 291 g/mol. The molecule has 21 heavy (non-hydrogen) atoms. The zero-order chi connectivity index (χ0) is 15.1. The average Bonchev–Trinajstić information content (AvgIpc) is 2.55. The maximum atomic E-state index is 12.0. The van der Waals surface area contributed by atoms with Gasteiger partial charge in [-0.25, -0.2) is 0 Å². The first-order chi connectivity index (χ1) is 10.2. The summed E-state index contributed by atoms with van der Waals surface area (Å²) in [5.74, 6) is 0.233. The van der Waals surface area contributed by atoms with Gasteiger partial charge in [-0.15, -0.1) is 0 Å². The van der Waals surface area contributed by atoms with Crippen molar-refractivity contribution >= 4 is 5.91 Å². The number of amides is 1. The van der Waals surface area contributed by atoms with Crippen molar-refractivity contribution in [2.24, 2.45) is 5.92 Å². The summed E-state index contributed by atoms with van der Waals surface area (Å²) in [6.45, 7) is 4.06. The summed E-state index contributed by atoms with van der Waals surface area (Å²) in [5.41, 5.74) is 1.90. The normalized spacial score (nSPS) is 17.4. The first-order valence-electron chi connectivity index (χ1n) is 7.83. The summed E-state index contributed by atoms with van der Waals surface area (Å²) in [6.07, 6.45) is 3.04. The fourth-order valence-electron chi connectivity index (χ4n) is 2.66. The molecule has 1 atom stereocenters. The number of aliphatic hydroxyl groups excluding tert-OH is 1. The second kappa shape index (κ2) is 8.15. The maximum absolute atomic E-state index is 12.0. The molecule has 2 rings (SSSR count). The van der Waals surface area contributed by atoms with Gasteiger partial charge in [-0.05, 0) is 49.3 Å². The lowest BCUT2D eigenvalue weighted by atomic mass is 9.92. The fraction of sp³-hybridized carbons (Fsp3) is 0.588. The Hall–Kier alpha value is -1.39. The van der Waals surface area contributed by atoms with E-state index in [2.05, 4.69) is 12.2 Å². The molecule has 0 radical (unpaired) electrons. The van der Waals surface area contributed by atoms with Crippen molar-refractivity contribution in [1.29, 1.82) is 0 Å². The lowest BCUT2D eigenvalue weighted by Crippen LogP contribution is -2.32. The standard InChI is InChI=1S/C17H25NO3/c1-2-13-3-5-15(6-4-13)17(20)18-10-7-16(19)14-8-11-21-12-9-14/h3-6,14,16,19H,2,7-12H2,1H3,(H,18,20). The number of rotatable bonds is 6. The third-order valence-corrected chi connectivity index (χ3v) is 4.16. The van der Waals surface area contributed by atoms with Crippen LogP contribution in [-0.2, 0) is 11.2 Å². The highest BCUT2D eigenvalue weighted by atomic mass is 16.5. The van der Waals surface area contributed by atoms with E-state index in [0.717, 1.165) is 32.5 Å². The quantitative estimate of drug-likeness (QED) is 0.844. The van der Waals surface area contributed by atoms with E-state index in [9.17, 15) is 9.90 Å². The molecule has 1 fully saturated rings. The van der Waals surface area contributed by atoms with Crippen LogP contribution in [0.5, 0.6) is 0 Å². The molecule has 1 heterocycles. The van der Waals surface area contributed by atoms with Crippen molar-refractivity contribution < 1.29 is 14.6 Å². The van der Waals surface area contributed by atoms with Gasteiger partial charge in [-0.1, -0.05) is 19.1 Å². The van der Waals surface area contributed by atoms with Crippen molar-refractivity contribution in [2.45, 2.75) is 38.7 Å². The molecule has 1 aromatic carbocycles. The zero-order valence-corrected chi connectivity index (χ0v) is 12.7. The minimum atomic E-state index is -0.350. The van der Waals surface area contributed by atoms with E-state index in [0.29, 0.717) is 24.4 Å². The largest absolute Gasteiger partial charge is 0.393 e. The van der Waals surface area contributed by atoms with Gasteiger partial charge in [0.1, 0.15) is 0 Å². The molecule has 1 aliphatic heterocycles. The molecule has 2 N–H and O–H groups in total. The Kier molecular flexibility index (Phi) is 6.21. The molecule has 0 saturated carbocycles. The molecule has 0 aliphatic carbocycles. The Morgan fingerprint density at radius 2 is 2.00 bits per heavy atom. The number of nitrogens with one attached hydrogen (secondary N) is 1. The first-order valence-corrected chi connectivity index (χ1v) is 7.83. The Morgan fingerprint density at radius 1 is 1.33 bits per heavy atom. The molecular weight excluding hydrogens is 266 g/mol. The van der Waals surface area contributed by atoms with E-state index in [1.165, 1.54) is 5.56 Å². The molecular formula is C17H25NO3. The van der Waals surface area contributed by atoms with Crippen LogP contribution in [0.25, 0.3) is 0 Å². The number of aryl methyl sites for hydroxylation is 1. The van der Waals surface area contributed by atoms with Crippen molar-refractivity contribution in [1.82, 2.24) is 5.32 Å². The van der Waals surface area contributed by atoms with Gasteiger partial charge in [-0.2, -0.15) is 0 Å². The van der Waals surface area contributed by atoms with E-state index in [1.54, 1.807) is 0 Å². The van der Waals surface area contributed by atoms with Crippen molar-refractivity contribution in [3.63, 3.8) is 0 Å². The van der Waals surface area contributed by atoms with Gasteiger partial charge < -0.3 is 15.2 Å². The van der Waals surface area contributed by atoms with Crippen LogP contribution in [0.15, 0.2) is 24.3 Å². The summed E-state index contributed by atoms with van der Waals surface area (Å²) in [7, 11) is 0. The van der Waals surface area contributed by atoms with Crippen LogP contribution in [0, 0.1) is 5.92 Å². The first kappa shape index (κ1) is 16.0. The number of hydrogen-bond acceptors (Lipinski definition) is 3. The van der Waals surface area contributed by atoms with Gasteiger partial charge in [0.05, 0.1) is 6.10 Å². The second-order valence-electron chi connectivity index (χ2n) is 5.61. The Labute approximate surface area is 126 Å². The van der Waals surface area contributed by atoms with Crippen LogP contribution in [0.1, 0.15) is 42.1 Å². The molecule has 0 aromatic heterocycles. The van der Waals surface area contributed by atoms with Crippen molar-refractivity contribution in [2.75, 3.05) is 19.8 Å². The third kappa shape index (κ3) is 4.83. The molecule has 1 aliphatic rings. The van der Waals surface area contributed by atoms with Crippen molar-refractivity contribution in [3.05, 3.63) is 35.4 Å². The molecule has 116 valence electrons. The van der Waals surface area contributed by atoms with E-state index >= 15 is 0 Å². The maximum Gasteiger partial charge on any atom is 0.251 e. The van der Waals surface area contributed by atoms with E-state index in [4.69, 9.17) is 4.74 Å². The SMILES string of the molecule is CCc1ccc(C(=O)NCCC(O)C2CCOCC2)cc1. The van der Waals surface area contributed by atoms with Gasteiger partial charge in [0.15, 0.2) is 0 Å². The Morgan fingerprint density at radius 3 is 2.62 bits per heavy atom. The topological polar surface area (TPSA) is 58.6 Å². The molecule has 1 amide bonds. The molecule has 1 unspecified atom stereocenters. The van der Waals surface area contributed by atoms with E-state index in [-0.39, 0.29) is 12.0 Å².